The van der Waals surface area contributed by atoms with Gasteiger partial charge >= 0.3 is 0 Å². The van der Waals surface area contributed by atoms with Crippen LogP contribution in [0.1, 0.15) is 30.1 Å². The average Bonchev–Trinajstić information content (AvgIpc) is 3.32. The topological polar surface area (TPSA) is 120 Å². The fourth-order valence-electron chi connectivity index (χ4n) is 3.93. The Morgan fingerprint density at radius 3 is 2.59 bits per heavy atom. The molecule has 0 fully saturated rings. The summed E-state index contributed by atoms with van der Waals surface area (Å²) in [6, 6.07) is 14.6. The summed E-state index contributed by atoms with van der Waals surface area (Å²) in [5.41, 5.74) is 5.66. The molecule has 2 atom stereocenters. The summed E-state index contributed by atoms with van der Waals surface area (Å²) in [5.74, 6) is 1.21. The standard InChI is InChI=1S/C27H35N3O7/c1-5-14-27(26(32)30-28-18-23(34-3)35-4)24(20-8-6-9-22(17-20)33-2)37-25(29-27)19-10-12-21(13-11-19)36-16-7-15-31/h5-6,8-13,17,23-24,28,31H,1,7,14-16,18H2,2-4H3,(H,30,32)/t24-,27-/m0/s1. The van der Waals surface area contributed by atoms with Crippen LogP contribution in [0, 0.1) is 0 Å². The van der Waals surface area contributed by atoms with E-state index < -0.39 is 23.8 Å². The Bertz CT molecular complexity index is 1060. The van der Waals surface area contributed by atoms with Crippen LogP contribution in [-0.4, -0.2) is 69.8 Å². The summed E-state index contributed by atoms with van der Waals surface area (Å²) >= 11 is 0. The number of carbonyl (C=O) groups excluding carboxylic acids is 1. The minimum atomic E-state index is -1.34. The maximum Gasteiger partial charge on any atom is 0.266 e. The van der Waals surface area contributed by atoms with Crippen molar-refractivity contribution in [3.63, 3.8) is 0 Å². The molecule has 10 heteroatoms. The Kier molecular flexibility index (Phi) is 10.5. The largest absolute Gasteiger partial charge is 0.497 e. The van der Waals surface area contributed by atoms with Gasteiger partial charge in [0.1, 0.15) is 11.5 Å². The number of rotatable bonds is 15. The van der Waals surface area contributed by atoms with E-state index in [4.69, 9.17) is 33.8 Å². The molecule has 1 aliphatic rings. The fraction of sp³-hybridized carbons (Fsp3) is 0.407. The van der Waals surface area contributed by atoms with Crippen molar-refractivity contribution in [2.75, 3.05) is 41.1 Å². The van der Waals surface area contributed by atoms with Crippen molar-refractivity contribution in [1.82, 2.24) is 10.9 Å². The van der Waals surface area contributed by atoms with Crippen molar-refractivity contribution in [3.8, 4) is 11.5 Å². The number of hydrogen-bond acceptors (Lipinski definition) is 9. The van der Waals surface area contributed by atoms with Crippen molar-refractivity contribution in [2.45, 2.75) is 30.8 Å². The van der Waals surface area contributed by atoms with Crippen molar-refractivity contribution < 1.29 is 33.6 Å². The number of hydrogen-bond donors (Lipinski definition) is 3. The molecule has 0 aromatic heterocycles. The van der Waals surface area contributed by atoms with Crippen LogP contribution in [0.15, 0.2) is 66.2 Å². The summed E-state index contributed by atoms with van der Waals surface area (Å²) in [6.07, 6.45) is 1.11. The number of ether oxygens (including phenoxy) is 5. The molecule has 0 aliphatic carbocycles. The number of nitrogens with one attached hydrogen (secondary N) is 2. The molecular formula is C27H35N3O7. The van der Waals surface area contributed by atoms with E-state index >= 15 is 0 Å². The zero-order valence-corrected chi connectivity index (χ0v) is 21.4. The molecule has 3 rings (SSSR count). The summed E-state index contributed by atoms with van der Waals surface area (Å²) in [4.78, 5) is 18.5. The monoisotopic (exact) mass is 513 g/mol. The number of carbonyl (C=O) groups is 1. The SMILES string of the molecule is C=CC[C@]1(C(=O)NNCC(OC)OC)N=C(c2ccc(OCCCO)cc2)O[C@H]1c1cccc(OC)c1. The van der Waals surface area contributed by atoms with E-state index in [0.717, 1.165) is 5.56 Å². The third kappa shape index (κ3) is 6.86. The second-order valence-corrected chi connectivity index (χ2v) is 8.29. The molecule has 1 heterocycles. The minimum absolute atomic E-state index is 0.0638. The van der Waals surface area contributed by atoms with Crippen LogP contribution in [0.4, 0.5) is 0 Å². The predicted molar refractivity (Wildman–Crippen MR) is 138 cm³/mol. The smallest absolute Gasteiger partial charge is 0.266 e. The van der Waals surface area contributed by atoms with Crippen LogP contribution in [0.3, 0.4) is 0 Å². The molecule has 0 saturated heterocycles. The molecule has 37 heavy (non-hydrogen) atoms. The number of aliphatic hydroxyl groups excluding tert-OH is 1. The van der Waals surface area contributed by atoms with Crippen LogP contribution < -0.4 is 20.3 Å². The predicted octanol–water partition coefficient (Wildman–Crippen LogP) is 2.53. The maximum absolute atomic E-state index is 13.7. The molecule has 0 radical (unpaired) electrons. The third-order valence-electron chi connectivity index (χ3n) is 5.88. The Hall–Kier alpha value is -3.44. The number of aliphatic imine (C=N–C) groups is 1. The van der Waals surface area contributed by atoms with Gasteiger partial charge in [0, 0.05) is 39.2 Å². The lowest BCUT2D eigenvalue weighted by Gasteiger charge is -2.30. The lowest BCUT2D eigenvalue weighted by Crippen LogP contribution is -2.53. The number of amides is 1. The highest BCUT2D eigenvalue weighted by molar-refractivity contribution is 6.01. The van der Waals surface area contributed by atoms with Gasteiger partial charge in [0.05, 0.1) is 20.3 Å². The first-order valence-corrected chi connectivity index (χ1v) is 12.0. The van der Waals surface area contributed by atoms with Crippen molar-refractivity contribution in [3.05, 3.63) is 72.3 Å². The Morgan fingerprint density at radius 1 is 1.19 bits per heavy atom. The molecule has 2 aromatic rings. The zero-order chi connectivity index (χ0) is 26.7. The number of benzene rings is 2. The average molecular weight is 514 g/mol. The fourth-order valence-corrected chi connectivity index (χ4v) is 3.93. The molecular weight excluding hydrogens is 478 g/mol. The second kappa shape index (κ2) is 13.8. The maximum atomic E-state index is 13.7. The normalized spacial score (nSPS) is 18.7. The molecule has 0 unspecified atom stereocenters. The lowest BCUT2D eigenvalue weighted by molar-refractivity contribution is -0.131. The Balaban J connectivity index is 1.94. The van der Waals surface area contributed by atoms with Gasteiger partial charge in [-0.05, 0) is 42.0 Å². The van der Waals surface area contributed by atoms with E-state index in [9.17, 15) is 4.79 Å². The molecule has 1 amide bonds. The van der Waals surface area contributed by atoms with Crippen LogP contribution in [0.2, 0.25) is 0 Å². The van der Waals surface area contributed by atoms with Crippen LogP contribution >= 0.6 is 0 Å². The van der Waals surface area contributed by atoms with Gasteiger partial charge < -0.3 is 28.8 Å². The van der Waals surface area contributed by atoms with Gasteiger partial charge in [-0.1, -0.05) is 18.2 Å². The summed E-state index contributed by atoms with van der Waals surface area (Å²) in [7, 11) is 4.61. The van der Waals surface area contributed by atoms with Crippen molar-refractivity contribution in [1.29, 1.82) is 0 Å². The Labute approximate surface area is 217 Å². The highest BCUT2D eigenvalue weighted by Crippen LogP contribution is 2.43. The number of methoxy groups -OCH3 is 3. The van der Waals surface area contributed by atoms with E-state index in [1.165, 1.54) is 14.2 Å². The summed E-state index contributed by atoms with van der Waals surface area (Å²) in [5, 5.41) is 8.95. The van der Waals surface area contributed by atoms with Gasteiger partial charge in [-0.3, -0.25) is 10.2 Å². The molecule has 1 aliphatic heterocycles. The van der Waals surface area contributed by atoms with Crippen molar-refractivity contribution >= 4 is 11.8 Å². The van der Waals surface area contributed by atoms with E-state index in [-0.39, 0.29) is 19.6 Å². The van der Waals surface area contributed by atoms with Gasteiger partial charge in [-0.25, -0.2) is 10.4 Å². The van der Waals surface area contributed by atoms with Crippen LogP contribution in [-0.2, 0) is 19.0 Å². The van der Waals surface area contributed by atoms with E-state index in [1.54, 1.807) is 25.3 Å². The molecule has 2 aromatic carbocycles. The van der Waals surface area contributed by atoms with Crippen molar-refractivity contribution in [2.24, 2.45) is 4.99 Å². The minimum Gasteiger partial charge on any atom is -0.497 e. The van der Waals surface area contributed by atoms with Crippen LogP contribution in [0.5, 0.6) is 11.5 Å². The summed E-state index contributed by atoms with van der Waals surface area (Å²) < 4.78 is 27.7. The van der Waals surface area contributed by atoms with Gasteiger partial charge in [0.2, 0.25) is 5.90 Å². The highest BCUT2D eigenvalue weighted by atomic mass is 16.7. The first kappa shape index (κ1) is 28.1. The van der Waals surface area contributed by atoms with E-state index in [2.05, 4.69) is 17.4 Å². The molecule has 0 bridgehead atoms. The van der Waals surface area contributed by atoms with Crippen LogP contribution in [0.25, 0.3) is 0 Å². The molecule has 10 nitrogen and oxygen atoms in total. The third-order valence-corrected chi connectivity index (χ3v) is 5.88. The molecule has 0 spiro atoms. The first-order valence-electron chi connectivity index (χ1n) is 12.0. The van der Waals surface area contributed by atoms with Gasteiger partial charge in [-0.15, -0.1) is 6.58 Å². The van der Waals surface area contributed by atoms with Gasteiger partial charge in [0.15, 0.2) is 17.9 Å². The lowest BCUT2D eigenvalue weighted by atomic mass is 9.84. The zero-order valence-electron chi connectivity index (χ0n) is 21.4. The van der Waals surface area contributed by atoms with E-state index in [0.29, 0.717) is 36.0 Å². The van der Waals surface area contributed by atoms with E-state index in [1.807, 2.05) is 36.4 Å². The second-order valence-electron chi connectivity index (χ2n) is 8.29. The first-order chi connectivity index (χ1) is 18.0. The number of aliphatic hydroxyl groups is 1. The molecule has 0 saturated carbocycles. The number of nitrogens with zero attached hydrogens (tertiary/aromatic N) is 1. The Morgan fingerprint density at radius 2 is 1.95 bits per heavy atom. The highest BCUT2D eigenvalue weighted by Gasteiger charge is 2.52. The molecule has 200 valence electrons. The number of hydrazine groups is 1. The molecule has 3 N–H and O–H groups in total. The quantitative estimate of drug-likeness (QED) is 0.144. The van der Waals surface area contributed by atoms with Gasteiger partial charge in [-0.2, -0.15) is 0 Å². The van der Waals surface area contributed by atoms with Gasteiger partial charge in [0.25, 0.3) is 5.91 Å². The summed E-state index contributed by atoms with van der Waals surface area (Å²) in [6.45, 7) is 4.57.